The highest BCUT2D eigenvalue weighted by Gasteiger charge is 2.32. The van der Waals surface area contributed by atoms with Crippen LogP contribution in [0.25, 0.3) is 0 Å². The third kappa shape index (κ3) is 5.59. The average Bonchev–Trinajstić information content (AvgIpc) is 3.05. The number of rotatable bonds is 6. The van der Waals surface area contributed by atoms with Gasteiger partial charge in [0.1, 0.15) is 12.2 Å². The molecule has 0 bridgehead atoms. The van der Waals surface area contributed by atoms with Crippen molar-refractivity contribution in [3.05, 3.63) is 24.0 Å². The second-order valence-corrected chi connectivity index (χ2v) is 7.11. The van der Waals surface area contributed by atoms with Crippen LogP contribution in [0.4, 0.5) is 4.79 Å². The van der Waals surface area contributed by atoms with Gasteiger partial charge >= 0.3 is 6.09 Å². The highest BCUT2D eigenvalue weighted by Crippen LogP contribution is 2.23. The number of aromatic nitrogens is 1. The topological polar surface area (TPSA) is 101 Å². The number of nitrogens with zero attached hydrogens (tertiary/aromatic N) is 2. The average molecular weight is 365 g/mol. The molecule has 1 saturated heterocycles. The molecule has 1 fully saturated rings. The lowest BCUT2D eigenvalue weighted by molar-refractivity contribution is 0.0186. The molecule has 2 N–H and O–H groups in total. The molecule has 26 heavy (non-hydrogen) atoms. The van der Waals surface area contributed by atoms with Gasteiger partial charge in [-0.1, -0.05) is 0 Å². The number of likely N-dealkylation sites (tertiary alicyclic amines) is 1. The molecule has 1 aliphatic heterocycles. The van der Waals surface area contributed by atoms with Gasteiger partial charge in [0.25, 0.3) is 5.91 Å². The zero-order valence-corrected chi connectivity index (χ0v) is 15.5. The number of hydrogen-bond acceptors (Lipinski definition) is 6. The van der Waals surface area contributed by atoms with Gasteiger partial charge in [0.2, 0.25) is 0 Å². The van der Waals surface area contributed by atoms with E-state index in [-0.39, 0.29) is 37.6 Å². The first-order chi connectivity index (χ1) is 12.3. The Bertz CT molecular complexity index is 629. The Hall–Kier alpha value is -2.35. The third-order valence-electron chi connectivity index (χ3n) is 3.82. The summed E-state index contributed by atoms with van der Waals surface area (Å²) in [6.07, 6.45) is 2.84. The maximum atomic E-state index is 12.3. The standard InChI is InChI=1S/C18H27N3O5/c1-18(2,3)26-17(24)21-10-5-6-13(21)12-25-14-7-4-8-19-15(14)16(23)20-9-11-22/h4,7-8,13,22H,5-6,9-12H2,1-3H3,(H,20,23)/t13-/m1/s1. The number of nitrogens with one attached hydrogen (secondary N) is 1. The molecule has 1 aromatic rings. The van der Waals surface area contributed by atoms with Crippen LogP contribution >= 0.6 is 0 Å². The first-order valence-electron chi connectivity index (χ1n) is 8.78. The lowest BCUT2D eigenvalue weighted by atomic mass is 10.2. The van der Waals surface area contributed by atoms with Crippen molar-refractivity contribution in [3.63, 3.8) is 0 Å². The van der Waals surface area contributed by atoms with Gasteiger partial charge in [0.05, 0.1) is 12.6 Å². The van der Waals surface area contributed by atoms with Crippen LogP contribution in [0, 0.1) is 0 Å². The second kappa shape index (κ2) is 8.84. The summed E-state index contributed by atoms with van der Waals surface area (Å²) in [5.74, 6) is -0.0657. The molecule has 8 heteroatoms. The first-order valence-corrected chi connectivity index (χ1v) is 8.78. The van der Waals surface area contributed by atoms with E-state index in [0.29, 0.717) is 12.3 Å². The first kappa shape index (κ1) is 20.0. The maximum Gasteiger partial charge on any atom is 0.410 e. The molecule has 0 saturated carbocycles. The van der Waals surface area contributed by atoms with Crippen molar-refractivity contribution in [2.45, 2.75) is 45.3 Å². The molecule has 0 aliphatic carbocycles. The van der Waals surface area contributed by atoms with E-state index in [1.54, 1.807) is 17.0 Å². The monoisotopic (exact) mass is 365 g/mol. The molecule has 1 aliphatic rings. The van der Waals surface area contributed by atoms with E-state index >= 15 is 0 Å². The molecule has 144 valence electrons. The van der Waals surface area contributed by atoms with Crippen LogP contribution in [-0.4, -0.2) is 64.9 Å². The Morgan fingerprint density at radius 1 is 1.42 bits per heavy atom. The zero-order valence-electron chi connectivity index (χ0n) is 15.5. The molecule has 2 rings (SSSR count). The smallest absolute Gasteiger partial charge is 0.410 e. The van der Waals surface area contributed by atoms with Gasteiger partial charge in [-0.25, -0.2) is 9.78 Å². The molecular formula is C18H27N3O5. The molecule has 1 aromatic heterocycles. The summed E-state index contributed by atoms with van der Waals surface area (Å²) in [5.41, 5.74) is -0.394. The summed E-state index contributed by atoms with van der Waals surface area (Å²) < 4.78 is 11.2. The second-order valence-electron chi connectivity index (χ2n) is 7.11. The summed E-state index contributed by atoms with van der Waals surface area (Å²) >= 11 is 0. The highest BCUT2D eigenvalue weighted by atomic mass is 16.6. The summed E-state index contributed by atoms with van der Waals surface area (Å²) in [6, 6.07) is 3.23. The van der Waals surface area contributed by atoms with E-state index in [0.717, 1.165) is 12.8 Å². The Balaban J connectivity index is 1.99. The van der Waals surface area contributed by atoms with E-state index in [9.17, 15) is 9.59 Å². The van der Waals surface area contributed by atoms with Gasteiger partial charge in [-0.05, 0) is 45.7 Å². The van der Waals surface area contributed by atoms with Crippen molar-refractivity contribution < 1.29 is 24.2 Å². The molecule has 0 aromatic carbocycles. The molecule has 2 heterocycles. The van der Waals surface area contributed by atoms with Crippen LogP contribution in [0.5, 0.6) is 5.75 Å². The molecular weight excluding hydrogens is 338 g/mol. The van der Waals surface area contributed by atoms with Crippen molar-refractivity contribution >= 4 is 12.0 Å². The quantitative estimate of drug-likeness (QED) is 0.794. The predicted molar refractivity (Wildman–Crippen MR) is 95.1 cm³/mol. The van der Waals surface area contributed by atoms with E-state index < -0.39 is 11.5 Å². The van der Waals surface area contributed by atoms with E-state index in [4.69, 9.17) is 14.6 Å². The SMILES string of the molecule is CC(C)(C)OC(=O)N1CCC[C@@H]1COc1cccnc1C(=O)NCCO. The number of hydrogen-bond donors (Lipinski definition) is 2. The number of amides is 2. The zero-order chi connectivity index (χ0) is 19.2. The lowest BCUT2D eigenvalue weighted by Crippen LogP contribution is -2.42. The van der Waals surface area contributed by atoms with Gasteiger partial charge < -0.3 is 24.8 Å². The van der Waals surface area contributed by atoms with E-state index in [1.807, 2.05) is 20.8 Å². The lowest BCUT2D eigenvalue weighted by Gasteiger charge is -2.28. The highest BCUT2D eigenvalue weighted by molar-refractivity contribution is 5.94. The number of carbonyl (C=O) groups excluding carboxylic acids is 2. The number of ether oxygens (including phenoxy) is 2. The fraction of sp³-hybridized carbons (Fsp3) is 0.611. The molecule has 2 amide bonds. The Morgan fingerprint density at radius 2 is 2.19 bits per heavy atom. The van der Waals surface area contributed by atoms with Crippen molar-refractivity contribution in [3.8, 4) is 5.75 Å². The largest absolute Gasteiger partial charge is 0.489 e. The molecule has 0 spiro atoms. The van der Waals surface area contributed by atoms with Crippen molar-refractivity contribution in [1.29, 1.82) is 0 Å². The maximum absolute atomic E-state index is 12.3. The van der Waals surface area contributed by atoms with E-state index in [1.165, 1.54) is 6.20 Å². The van der Waals surface area contributed by atoms with Crippen molar-refractivity contribution in [1.82, 2.24) is 15.2 Å². The normalized spacial score (nSPS) is 17.1. The third-order valence-corrected chi connectivity index (χ3v) is 3.82. The Kier molecular flexibility index (Phi) is 6.79. The van der Waals surface area contributed by atoms with E-state index in [2.05, 4.69) is 10.3 Å². The van der Waals surface area contributed by atoms with Crippen molar-refractivity contribution in [2.75, 3.05) is 26.3 Å². The van der Waals surface area contributed by atoms with Crippen LogP contribution in [0.1, 0.15) is 44.1 Å². The minimum atomic E-state index is -0.549. The fourth-order valence-electron chi connectivity index (χ4n) is 2.69. The summed E-state index contributed by atoms with van der Waals surface area (Å²) in [6.45, 7) is 6.37. The number of pyridine rings is 1. The van der Waals surface area contributed by atoms with Crippen LogP contribution in [0.2, 0.25) is 0 Å². The summed E-state index contributed by atoms with van der Waals surface area (Å²) in [5, 5.41) is 11.4. The number of carbonyl (C=O) groups is 2. The predicted octanol–water partition coefficient (Wildman–Crippen LogP) is 1.58. The number of aliphatic hydroxyl groups excluding tert-OH is 1. The summed E-state index contributed by atoms with van der Waals surface area (Å²) in [7, 11) is 0. The van der Waals surface area contributed by atoms with Gasteiger partial charge in [0, 0.05) is 19.3 Å². The molecule has 8 nitrogen and oxygen atoms in total. The minimum absolute atomic E-state index is 0.113. The minimum Gasteiger partial charge on any atom is -0.489 e. The van der Waals surface area contributed by atoms with Gasteiger partial charge in [-0.2, -0.15) is 0 Å². The summed E-state index contributed by atoms with van der Waals surface area (Å²) in [4.78, 5) is 30.2. The van der Waals surface area contributed by atoms with Crippen LogP contribution < -0.4 is 10.1 Å². The molecule has 0 unspecified atom stereocenters. The van der Waals surface area contributed by atoms with Gasteiger partial charge in [0.15, 0.2) is 11.4 Å². The van der Waals surface area contributed by atoms with Gasteiger partial charge in [-0.3, -0.25) is 4.79 Å². The van der Waals surface area contributed by atoms with Crippen LogP contribution in [0.3, 0.4) is 0 Å². The van der Waals surface area contributed by atoms with Gasteiger partial charge in [-0.15, -0.1) is 0 Å². The Morgan fingerprint density at radius 3 is 2.88 bits per heavy atom. The molecule has 1 atom stereocenters. The van der Waals surface area contributed by atoms with Crippen LogP contribution in [-0.2, 0) is 4.74 Å². The van der Waals surface area contributed by atoms with Crippen molar-refractivity contribution in [2.24, 2.45) is 0 Å². The Labute approximate surface area is 153 Å². The fourth-order valence-corrected chi connectivity index (χ4v) is 2.69. The molecule has 0 radical (unpaired) electrons. The number of aliphatic hydroxyl groups is 1. The van der Waals surface area contributed by atoms with Crippen LogP contribution in [0.15, 0.2) is 18.3 Å².